The topological polar surface area (TPSA) is 62.4 Å². The lowest BCUT2D eigenvalue weighted by Gasteiger charge is -2.32. The fourth-order valence-electron chi connectivity index (χ4n) is 4.19. The number of aromatic nitrogens is 1. The molecule has 0 bridgehead atoms. The van der Waals surface area contributed by atoms with E-state index >= 15 is 0 Å². The maximum Gasteiger partial charge on any atom is 0.220 e. The van der Waals surface area contributed by atoms with Crippen LogP contribution in [0.3, 0.4) is 0 Å². The first-order valence-electron chi connectivity index (χ1n) is 9.77. The Morgan fingerprint density at radius 3 is 2.62 bits per heavy atom. The van der Waals surface area contributed by atoms with E-state index in [-0.39, 0.29) is 17.7 Å². The molecule has 1 amide bonds. The van der Waals surface area contributed by atoms with E-state index in [0.29, 0.717) is 17.9 Å². The third-order valence-electron chi connectivity index (χ3n) is 5.66. The highest BCUT2D eigenvalue weighted by Gasteiger charge is 2.30. The Hall–Kier alpha value is -3.34. The molecule has 2 aromatic carbocycles. The maximum absolute atomic E-state index is 13.1. The number of nitrogens with one attached hydrogen (secondary N) is 1. The van der Waals surface area contributed by atoms with E-state index in [1.54, 1.807) is 20.1 Å². The van der Waals surface area contributed by atoms with Crippen LogP contribution in [0.5, 0.6) is 5.75 Å². The number of H-pyrrole nitrogens is 1. The molecule has 0 radical (unpaired) electrons. The van der Waals surface area contributed by atoms with E-state index in [2.05, 4.69) is 4.98 Å². The minimum absolute atomic E-state index is 0.0569. The Kier molecular flexibility index (Phi) is 4.97. The number of amides is 1. The van der Waals surface area contributed by atoms with Crippen molar-refractivity contribution < 1.29 is 14.3 Å². The van der Waals surface area contributed by atoms with Crippen LogP contribution in [0.25, 0.3) is 17.0 Å². The van der Waals surface area contributed by atoms with Gasteiger partial charge in [0.1, 0.15) is 5.75 Å². The molecular formula is C24H24N2O3. The van der Waals surface area contributed by atoms with E-state index in [1.165, 1.54) is 5.56 Å². The number of carbonyl (C=O) groups is 2. The van der Waals surface area contributed by atoms with E-state index < -0.39 is 0 Å². The van der Waals surface area contributed by atoms with Crippen molar-refractivity contribution in [1.29, 1.82) is 0 Å². The lowest BCUT2D eigenvalue weighted by molar-refractivity contribution is -0.131. The van der Waals surface area contributed by atoms with Gasteiger partial charge in [0, 0.05) is 24.5 Å². The smallest absolute Gasteiger partial charge is 0.220 e. The number of ketones is 1. The number of hydrogen-bond acceptors (Lipinski definition) is 3. The molecule has 0 saturated heterocycles. The molecule has 1 aromatic heterocycles. The summed E-state index contributed by atoms with van der Waals surface area (Å²) >= 11 is 0. The van der Waals surface area contributed by atoms with Gasteiger partial charge in [-0.15, -0.1) is 0 Å². The van der Waals surface area contributed by atoms with Gasteiger partial charge in [0.15, 0.2) is 5.78 Å². The number of ether oxygens (including phenoxy) is 1. The van der Waals surface area contributed by atoms with Gasteiger partial charge in [0.05, 0.1) is 24.2 Å². The zero-order valence-electron chi connectivity index (χ0n) is 16.9. The Morgan fingerprint density at radius 1 is 1.17 bits per heavy atom. The summed E-state index contributed by atoms with van der Waals surface area (Å²) in [5.41, 5.74) is 4.43. The molecular weight excluding hydrogens is 364 g/mol. The van der Waals surface area contributed by atoms with Crippen LogP contribution in [0.1, 0.15) is 47.1 Å². The molecule has 148 valence electrons. The molecule has 29 heavy (non-hydrogen) atoms. The number of rotatable bonds is 4. The number of methoxy groups -OCH3 is 1. The monoisotopic (exact) mass is 388 g/mol. The summed E-state index contributed by atoms with van der Waals surface area (Å²) in [5, 5.41) is 1.02. The second-order valence-corrected chi connectivity index (χ2v) is 7.33. The van der Waals surface area contributed by atoms with Crippen LogP contribution in [0.15, 0.2) is 48.5 Å². The molecule has 2 heterocycles. The lowest BCUT2D eigenvalue weighted by Crippen LogP contribution is -2.37. The van der Waals surface area contributed by atoms with Gasteiger partial charge in [0.2, 0.25) is 5.91 Å². The fourth-order valence-corrected chi connectivity index (χ4v) is 4.19. The highest BCUT2D eigenvalue weighted by atomic mass is 16.5. The number of hydrogen-bond donors (Lipinski definition) is 1. The van der Waals surface area contributed by atoms with Gasteiger partial charge in [-0.2, -0.15) is 0 Å². The molecule has 1 atom stereocenters. The summed E-state index contributed by atoms with van der Waals surface area (Å²) < 4.78 is 5.51. The number of benzene rings is 2. The molecule has 1 N–H and O–H groups in total. The summed E-state index contributed by atoms with van der Waals surface area (Å²) in [5.74, 6) is 0.474. The molecule has 0 aliphatic carbocycles. The number of nitrogens with zero attached hydrogens (tertiary/aromatic N) is 1. The second kappa shape index (κ2) is 7.59. The average molecular weight is 388 g/mol. The standard InChI is InChI=1S/C24H24N2O3/c1-15-23-19(13-14-26(15)16(2)27)18-10-12-21(29-3)22(24(18)25-23)20(28)11-9-17-7-5-4-6-8-17/h4-12,15,25H,13-14H2,1-3H3/b11-9+. The van der Waals surface area contributed by atoms with Crippen LogP contribution in [0, 0.1) is 0 Å². The summed E-state index contributed by atoms with van der Waals surface area (Å²) in [6.07, 6.45) is 4.15. The van der Waals surface area contributed by atoms with E-state index in [4.69, 9.17) is 4.74 Å². The van der Waals surface area contributed by atoms with Gasteiger partial charge >= 0.3 is 0 Å². The summed E-state index contributed by atoms with van der Waals surface area (Å²) in [6, 6.07) is 13.5. The Bertz CT molecular complexity index is 1110. The van der Waals surface area contributed by atoms with Crippen molar-refractivity contribution in [3.05, 3.63) is 70.9 Å². The molecule has 0 spiro atoms. The molecule has 4 rings (SSSR count). The van der Waals surface area contributed by atoms with Gasteiger partial charge in [-0.3, -0.25) is 9.59 Å². The third kappa shape index (κ3) is 3.33. The summed E-state index contributed by atoms with van der Waals surface area (Å²) in [6.45, 7) is 4.29. The predicted octanol–water partition coefficient (Wildman–Crippen LogP) is 4.54. The van der Waals surface area contributed by atoms with Crippen LogP contribution in [0.2, 0.25) is 0 Å². The van der Waals surface area contributed by atoms with E-state index in [9.17, 15) is 9.59 Å². The van der Waals surface area contributed by atoms with Crippen LogP contribution in [0.4, 0.5) is 0 Å². The highest BCUT2D eigenvalue weighted by Crippen LogP contribution is 2.38. The van der Waals surface area contributed by atoms with Crippen LogP contribution in [-0.4, -0.2) is 35.2 Å². The van der Waals surface area contributed by atoms with Crippen LogP contribution >= 0.6 is 0 Å². The number of allylic oxidation sites excluding steroid dienone is 1. The van der Waals surface area contributed by atoms with Gasteiger partial charge in [-0.1, -0.05) is 36.4 Å². The van der Waals surface area contributed by atoms with Crippen molar-refractivity contribution >= 4 is 28.7 Å². The first kappa shape index (κ1) is 19.0. The van der Waals surface area contributed by atoms with Crippen LogP contribution in [-0.2, 0) is 11.2 Å². The van der Waals surface area contributed by atoms with E-state index in [0.717, 1.165) is 28.6 Å². The highest BCUT2D eigenvalue weighted by molar-refractivity contribution is 6.16. The minimum Gasteiger partial charge on any atom is -0.496 e. The van der Waals surface area contributed by atoms with Crippen molar-refractivity contribution in [2.75, 3.05) is 13.7 Å². The lowest BCUT2D eigenvalue weighted by atomic mass is 9.96. The maximum atomic E-state index is 13.1. The zero-order valence-corrected chi connectivity index (χ0v) is 16.9. The second-order valence-electron chi connectivity index (χ2n) is 7.33. The first-order chi connectivity index (χ1) is 14.0. The van der Waals surface area contributed by atoms with Gasteiger partial charge in [-0.25, -0.2) is 0 Å². The Labute approximate surface area is 170 Å². The first-order valence-corrected chi connectivity index (χ1v) is 9.77. The molecule has 1 aliphatic rings. The largest absolute Gasteiger partial charge is 0.496 e. The SMILES string of the molecule is COc1ccc2c3c([nH]c2c1C(=O)/C=C/c1ccccc1)C(C)N(C(C)=O)CC3. The molecule has 0 fully saturated rings. The predicted molar refractivity (Wildman–Crippen MR) is 114 cm³/mol. The van der Waals surface area contributed by atoms with Crippen molar-refractivity contribution in [3.63, 3.8) is 0 Å². The number of carbonyl (C=O) groups excluding carboxylic acids is 2. The van der Waals surface area contributed by atoms with Gasteiger partial charge < -0.3 is 14.6 Å². The van der Waals surface area contributed by atoms with Crippen molar-refractivity contribution in [2.45, 2.75) is 26.3 Å². The molecule has 1 unspecified atom stereocenters. The average Bonchev–Trinajstić information content (AvgIpc) is 3.11. The fraction of sp³-hybridized carbons (Fsp3) is 0.250. The van der Waals surface area contributed by atoms with Gasteiger partial charge in [0.25, 0.3) is 0 Å². The van der Waals surface area contributed by atoms with Crippen LogP contribution < -0.4 is 4.74 Å². The Morgan fingerprint density at radius 2 is 1.93 bits per heavy atom. The summed E-state index contributed by atoms with van der Waals surface area (Å²) in [7, 11) is 1.57. The third-order valence-corrected chi connectivity index (χ3v) is 5.66. The molecule has 1 aliphatic heterocycles. The molecule has 5 heteroatoms. The normalized spacial score (nSPS) is 16.2. The van der Waals surface area contributed by atoms with Crippen molar-refractivity contribution in [2.24, 2.45) is 0 Å². The van der Waals surface area contributed by atoms with E-state index in [1.807, 2.05) is 60.4 Å². The molecule has 0 saturated carbocycles. The summed E-state index contributed by atoms with van der Waals surface area (Å²) in [4.78, 5) is 30.4. The molecule has 5 nitrogen and oxygen atoms in total. The minimum atomic E-state index is -0.119. The number of fused-ring (bicyclic) bond motifs is 3. The van der Waals surface area contributed by atoms with Crippen molar-refractivity contribution in [3.8, 4) is 5.75 Å². The van der Waals surface area contributed by atoms with Crippen molar-refractivity contribution in [1.82, 2.24) is 9.88 Å². The number of aromatic amines is 1. The quantitative estimate of drug-likeness (QED) is 0.527. The molecule has 3 aromatic rings. The Balaban J connectivity index is 1.81. The zero-order chi connectivity index (χ0) is 20.5. The van der Waals surface area contributed by atoms with Gasteiger partial charge in [-0.05, 0) is 42.7 Å².